The van der Waals surface area contributed by atoms with Crippen LogP contribution in [0, 0.1) is 0 Å². The highest BCUT2D eigenvalue weighted by Gasteiger charge is 2.35. The predicted octanol–water partition coefficient (Wildman–Crippen LogP) is 1.18. The summed E-state index contributed by atoms with van der Waals surface area (Å²) in [5.41, 5.74) is 1.54. The Bertz CT molecular complexity index is 749. The molecule has 3 rings (SSSR count). The summed E-state index contributed by atoms with van der Waals surface area (Å²) in [5.74, 6) is 0. The summed E-state index contributed by atoms with van der Waals surface area (Å²) in [4.78, 5) is 29.9. The highest BCUT2D eigenvalue weighted by atomic mass is 16.4. The smallest absolute Gasteiger partial charge is 0.407 e. The number of nitrogens with zero attached hydrogens (tertiary/aromatic N) is 3. The van der Waals surface area contributed by atoms with Crippen LogP contribution >= 0.6 is 0 Å². The van der Waals surface area contributed by atoms with Crippen molar-refractivity contribution in [3.05, 3.63) is 34.7 Å². The first kappa shape index (κ1) is 14.6. The maximum Gasteiger partial charge on any atom is 0.407 e. The summed E-state index contributed by atoms with van der Waals surface area (Å²) in [7, 11) is 3.84. The molecule has 2 N–H and O–H groups in total. The Hall–Kier alpha value is -2.28. The number of benzene rings is 1. The van der Waals surface area contributed by atoms with Gasteiger partial charge in [0.2, 0.25) is 0 Å². The fourth-order valence-corrected chi connectivity index (χ4v) is 3.31. The number of nitrogens with one attached hydrogen (secondary N) is 1. The van der Waals surface area contributed by atoms with E-state index >= 15 is 0 Å². The molecular weight excluding hydrogens is 284 g/mol. The lowest BCUT2D eigenvalue weighted by atomic mass is 9.98. The number of hydrogen-bond acceptors (Lipinski definition) is 3. The Morgan fingerprint density at radius 1 is 1.36 bits per heavy atom. The number of para-hydroxylation sites is 2. The van der Waals surface area contributed by atoms with Gasteiger partial charge in [0, 0.05) is 19.1 Å². The molecular formula is C15H20N4O3. The number of likely N-dealkylation sites (tertiary alicyclic amines) is 1. The van der Waals surface area contributed by atoms with Gasteiger partial charge in [-0.25, -0.2) is 9.59 Å². The second-order valence-corrected chi connectivity index (χ2v) is 5.93. The van der Waals surface area contributed by atoms with Crippen molar-refractivity contribution in [2.75, 3.05) is 27.2 Å². The number of rotatable bonds is 2. The van der Waals surface area contributed by atoms with Gasteiger partial charge in [0.25, 0.3) is 0 Å². The quantitative estimate of drug-likeness (QED) is 0.873. The number of amides is 1. The average Bonchev–Trinajstić information content (AvgIpc) is 2.82. The van der Waals surface area contributed by atoms with Gasteiger partial charge in [0.05, 0.1) is 17.1 Å². The summed E-state index contributed by atoms with van der Waals surface area (Å²) in [5, 5.41) is 9.21. The maximum absolute atomic E-state index is 12.4. The number of likely N-dealkylation sites (N-methyl/N-ethyl adjacent to an activating group) is 1. The van der Waals surface area contributed by atoms with E-state index in [1.54, 1.807) is 4.57 Å². The second kappa shape index (κ2) is 5.49. The molecule has 1 fully saturated rings. The third-order valence-corrected chi connectivity index (χ3v) is 4.44. The molecule has 22 heavy (non-hydrogen) atoms. The summed E-state index contributed by atoms with van der Waals surface area (Å²) in [6.45, 7) is 0.842. The van der Waals surface area contributed by atoms with Crippen LogP contribution in [0.25, 0.3) is 11.0 Å². The lowest BCUT2D eigenvalue weighted by Crippen LogP contribution is -2.53. The van der Waals surface area contributed by atoms with Crippen LogP contribution in [-0.4, -0.2) is 63.8 Å². The van der Waals surface area contributed by atoms with Gasteiger partial charge in [-0.1, -0.05) is 12.1 Å². The standard InChI is InChI=1S/C15H20N4O3/c1-17(2)13-9-18(15(21)22)8-7-12(13)19-11-6-4-3-5-10(11)16-14(19)20/h3-6,12-13H,7-9H2,1-2H3,(H,16,20)(H,21,22). The molecule has 1 aromatic heterocycles. The molecule has 0 bridgehead atoms. The first-order valence-electron chi connectivity index (χ1n) is 7.32. The fourth-order valence-electron chi connectivity index (χ4n) is 3.31. The summed E-state index contributed by atoms with van der Waals surface area (Å²) in [6, 6.07) is 7.51. The van der Waals surface area contributed by atoms with Crippen molar-refractivity contribution < 1.29 is 9.90 Å². The molecule has 0 saturated carbocycles. The molecule has 0 spiro atoms. The molecule has 2 atom stereocenters. The number of carbonyl (C=O) groups is 1. The van der Waals surface area contributed by atoms with Crippen molar-refractivity contribution in [3.63, 3.8) is 0 Å². The molecule has 1 aromatic carbocycles. The number of piperidine rings is 1. The van der Waals surface area contributed by atoms with Crippen molar-refractivity contribution in [2.45, 2.75) is 18.5 Å². The summed E-state index contributed by atoms with van der Waals surface area (Å²) < 4.78 is 1.78. The van der Waals surface area contributed by atoms with E-state index in [9.17, 15) is 14.7 Å². The number of fused-ring (bicyclic) bond motifs is 1. The zero-order valence-corrected chi connectivity index (χ0v) is 12.7. The minimum atomic E-state index is -0.906. The molecule has 2 heterocycles. The van der Waals surface area contributed by atoms with E-state index in [0.29, 0.717) is 19.5 Å². The monoisotopic (exact) mass is 304 g/mol. The van der Waals surface area contributed by atoms with Crippen molar-refractivity contribution in [1.29, 1.82) is 0 Å². The van der Waals surface area contributed by atoms with Gasteiger partial charge in [-0.05, 0) is 32.6 Å². The van der Waals surface area contributed by atoms with Gasteiger partial charge in [0.15, 0.2) is 0 Å². The molecule has 0 radical (unpaired) electrons. The van der Waals surface area contributed by atoms with Crippen LogP contribution in [0.15, 0.2) is 29.1 Å². The van der Waals surface area contributed by atoms with Crippen LogP contribution in [0.4, 0.5) is 4.79 Å². The average molecular weight is 304 g/mol. The van der Waals surface area contributed by atoms with Crippen molar-refractivity contribution in [3.8, 4) is 0 Å². The highest BCUT2D eigenvalue weighted by Crippen LogP contribution is 2.27. The zero-order valence-electron chi connectivity index (χ0n) is 12.7. The largest absolute Gasteiger partial charge is 0.465 e. The minimum absolute atomic E-state index is 0.0400. The van der Waals surface area contributed by atoms with E-state index in [1.165, 1.54) is 4.90 Å². The third-order valence-electron chi connectivity index (χ3n) is 4.44. The van der Waals surface area contributed by atoms with E-state index in [4.69, 9.17) is 0 Å². The maximum atomic E-state index is 12.4. The van der Waals surface area contributed by atoms with E-state index in [2.05, 4.69) is 4.98 Å². The molecule has 2 unspecified atom stereocenters. The van der Waals surface area contributed by atoms with Gasteiger partial charge < -0.3 is 19.9 Å². The van der Waals surface area contributed by atoms with Gasteiger partial charge in [-0.15, -0.1) is 0 Å². The Balaban J connectivity index is 2.03. The normalized spacial score (nSPS) is 22.4. The second-order valence-electron chi connectivity index (χ2n) is 5.93. The van der Waals surface area contributed by atoms with Gasteiger partial charge in [-0.2, -0.15) is 0 Å². The number of aromatic amines is 1. The van der Waals surface area contributed by atoms with Crippen molar-refractivity contribution in [2.24, 2.45) is 0 Å². The third kappa shape index (κ3) is 2.37. The molecule has 1 aliphatic rings. The first-order valence-corrected chi connectivity index (χ1v) is 7.32. The molecule has 1 saturated heterocycles. The van der Waals surface area contributed by atoms with Crippen LogP contribution in [-0.2, 0) is 0 Å². The lowest BCUT2D eigenvalue weighted by molar-refractivity contribution is 0.0782. The Morgan fingerprint density at radius 3 is 2.77 bits per heavy atom. The molecule has 7 nitrogen and oxygen atoms in total. The number of hydrogen-bond donors (Lipinski definition) is 2. The van der Waals surface area contributed by atoms with E-state index in [-0.39, 0.29) is 17.8 Å². The van der Waals surface area contributed by atoms with Crippen molar-refractivity contribution in [1.82, 2.24) is 19.4 Å². The lowest BCUT2D eigenvalue weighted by Gasteiger charge is -2.41. The highest BCUT2D eigenvalue weighted by molar-refractivity contribution is 5.75. The van der Waals surface area contributed by atoms with Gasteiger partial charge in [0.1, 0.15) is 0 Å². The van der Waals surface area contributed by atoms with Crippen LogP contribution in [0.2, 0.25) is 0 Å². The predicted molar refractivity (Wildman–Crippen MR) is 83.3 cm³/mol. The summed E-state index contributed by atoms with van der Waals surface area (Å²) >= 11 is 0. The number of H-pyrrole nitrogens is 1. The summed E-state index contributed by atoms with van der Waals surface area (Å²) in [6.07, 6.45) is -0.284. The zero-order chi connectivity index (χ0) is 15.9. The SMILES string of the molecule is CN(C)C1CN(C(=O)O)CCC1n1c(=O)[nH]c2ccccc21. The molecule has 1 aliphatic heterocycles. The van der Waals surface area contributed by atoms with Crippen LogP contribution in [0.5, 0.6) is 0 Å². The first-order chi connectivity index (χ1) is 10.5. The van der Waals surface area contributed by atoms with Crippen molar-refractivity contribution >= 4 is 17.1 Å². The molecule has 1 amide bonds. The Kier molecular flexibility index (Phi) is 3.66. The Labute approximate surface area is 127 Å². The van der Waals surface area contributed by atoms with Crippen LogP contribution < -0.4 is 5.69 Å². The van der Waals surface area contributed by atoms with Gasteiger partial charge >= 0.3 is 11.8 Å². The molecule has 118 valence electrons. The Morgan fingerprint density at radius 2 is 2.09 bits per heavy atom. The van der Waals surface area contributed by atoms with Crippen LogP contribution in [0.1, 0.15) is 12.5 Å². The van der Waals surface area contributed by atoms with E-state index in [1.807, 2.05) is 43.3 Å². The van der Waals surface area contributed by atoms with E-state index in [0.717, 1.165) is 11.0 Å². The van der Waals surface area contributed by atoms with E-state index < -0.39 is 6.09 Å². The number of aromatic nitrogens is 2. The molecule has 0 aliphatic carbocycles. The molecule has 2 aromatic rings. The minimum Gasteiger partial charge on any atom is -0.465 e. The number of imidazole rings is 1. The van der Waals surface area contributed by atoms with Gasteiger partial charge in [-0.3, -0.25) is 4.57 Å². The fraction of sp³-hybridized carbons (Fsp3) is 0.467. The number of carboxylic acid groups (broad SMARTS) is 1. The molecule has 7 heteroatoms. The van der Waals surface area contributed by atoms with Crippen LogP contribution in [0.3, 0.4) is 0 Å². The topological polar surface area (TPSA) is 81.6 Å².